The highest BCUT2D eigenvalue weighted by atomic mass is 16.4. The third-order valence-electron chi connectivity index (χ3n) is 3.93. The minimum atomic E-state index is -0.910. The fourth-order valence-corrected chi connectivity index (χ4v) is 2.78. The van der Waals surface area contributed by atoms with Crippen LogP contribution in [-0.2, 0) is 13.0 Å². The maximum atomic E-state index is 11.0. The molecule has 2 aromatic heterocycles. The maximum Gasteiger partial charge on any atom is 0.335 e. The first-order valence-electron chi connectivity index (χ1n) is 8.08. The number of carboxylic acids is 1. The zero-order valence-corrected chi connectivity index (χ0v) is 14.2. The summed E-state index contributed by atoms with van der Waals surface area (Å²) in [5, 5.41) is 9.02. The van der Waals surface area contributed by atoms with Crippen molar-refractivity contribution in [3.8, 4) is 0 Å². The van der Waals surface area contributed by atoms with Gasteiger partial charge in [0.15, 0.2) is 5.65 Å². The van der Waals surface area contributed by atoms with Gasteiger partial charge in [0.05, 0.1) is 12.1 Å². The zero-order chi connectivity index (χ0) is 17.3. The first-order valence-corrected chi connectivity index (χ1v) is 8.08. The topological polar surface area (TPSA) is 68.0 Å². The summed E-state index contributed by atoms with van der Waals surface area (Å²) >= 11 is 0. The molecule has 0 saturated heterocycles. The number of aryl methyl sites for hydroxylation is 1. The molecular weight excluding hydrogens is 302 g/mol. The Morgan fingerprint density at radius 2 is 1.96 bits per heavy atom. The summed E-state index contributed by atoms with van der Waals surface area (Å²) in [7, 11) is 0. The van der Waals surface area contributed by atoms with E-state index in [-0.39, 0.29) is 0 Å². The molecule has 124 valence electrons. The third kappa shape index (κ3) is 3.30. The number of rotatable bonds is 5. The van der Waals surface area contributed by atoms with Gasteiger partial charge in [-0.3, -0.25) is 0 Å². The second kappa shape index (κ2) is 6.43. The van der Waals surface area contributed by atoms with Crippen molar-refractivity contribution in [3.05, 3.63) is 59.0 Å². The SMILES string of the molecule is Cc1cnc2c(c1)nc(CC(C)C)n2Cc1ccc(C(=O)O)cc1. The number of aromatic carboxylic acids is 1. The number of hydrogen-bond acceptors (Lipinski definition) is 3. The number of hydrogen-bond donors (Lipinski definition) is 1. The van der Waals surface area contributed by atoms with Crippen molar-refractivity contribution in [2.75, 3.05) is 0 Å². The van der Waals surface area contributed by atoms with Gasteiger partial charge in [0.1, 0.15) is 11.3 Å². The van der Waals surface area contributed by atoms with Crippen LogP contribution in [0.25, 0.3) is 11.2 Å². The molecule has 3 rings (SSSR count). The highest BCUT2D eigenvalue weighted by Crippen LogP contribution is 2.20. The average molecular weight is 323 g/mol. The molecule has 0 aliphatic carbocycles. The molecule has 5 heteroatoms. The second-order valence-corrected chi connectivity index (χ2v) is 6.57. The lowest BCUT2D eigenvalue weighted by Crippen LogP contribution is -2.09. The Labute approximate surface area is 141 Å². The molecule has 0 atom stereocenters. The Bertz CT molecular complexity index is 880. The largest absolute Gasteiger partial charge is 0.478 e. The molecule has 0 spiro atoms. The molecular formula is C19H21N3O2. The molecule has 0 aliphatic rings. The molecule has 5 nitrogen and oxygen atoms in total. The van der Waals surface area contributed by atoms with Gasteiger partial charge in [-0.25, -0.2) is 14.8 Å². The summed E-state index contributed by atoms with van der Waals surface area (Å²) in [6.45, 7) is 6.99. The summed E-state index contributed by atoms with van der Waals surface area (Å²) in [6, 6.07) is 9.02. The summed E-state index contributed by atoms with van der Waals surface area (Å²) < 4.78 is 2.13. The number of pyridine rings is 1. The molecule has 1 N–H and O–H groups in total. The van der Waals surface area contributed by atoms with Crippen molar-refractivity contribution >= 4 is 17.1 Å². The van der Waals surface area contributed by atoms with Gasteiger partial charge in [-0.15, -0.1) is 0 Å². The molecule has 0 saturated carbocycles. The number of carbonyl (C=O) groups is 1. The van der Waals surface area contributed by atoms with E-state index in [1.807, 2.05) is 25.3 Å². The van der Waals surface area contributed by atoms with Crippen LogP contribution < -0.4 is 0 Å². The number of fused-ring (bicyclic) bond motifs is 1. The summed E-state index contributed by atoms with van der Waals surface area (Å²) in [5.74, 6) is 0.601. The van der Waals surface area contributed by atoms with E-state index in [4.69, 9.17) is 10.1 Å². The third-order valence-corrected chi connectivity index (χ3v) is 3.93. The molecule has 0 unspecified atom stereocenters. The van der Waals surface area contributed by atoms with Crippen molar-refractivity contribution in [2.45, 2.75) is 33.7 Å². The number of imidazole rings is 1. The van der Waals surface area contributed by atoms with Crippen LogP contribution in [0.3, 0.4) is 0 Å². The normalized spacial score (nSPS) is 11.3. The first kappa shape index (κ1) is 16.2. The Morgan fingerprint density at radius 1 is 1.25 bits per heavy atom. The van der Waals surface area contributed by atoms with Gasteiger partial charge in [0.25, 0.3) is 0 Å². The van der Waals surface area contributed by atoms with E-state index < -0.39 is 5.97 Å². The van der Waals surface area contributed by atoms with Gasteiger partial charge >= 0.3 is 5.97 Å². The van der Waals surface area contributed by atoms with Gasteiger partial charge in [-0.2, -0.15) is 0 Å². The van der Waals surface area contributed by atoms with Crippen molar-refractivity contribution in [1.82, 2.24) is 14.5 Å². The first-order chi connectivity index (χ1) is 11.4. The van der Waals surface area contributed by atoms with Crippen LogP contribution >= 0.6 is 0 Å². The average Bonchev–Trinajstić information content (AvgIpc) is 2.83. The van der Waals surface area contributed by atoms with Crippen LogP contribution in [0.1, 0.15) is 41.2 Å². The highest BCUT2D eigenvalue weighted by Gasteiger charge is 2.14. The van der Waals surface area contributed by atoms with Gasteiger partial charge in [0.2, 0.25) is 0 Å². The van der Waals surface area contributed by atoms with Crippen LogP contribution in [-0.4, -0.2) is 25.6 Å². The molecule has 0 aliphatic heterocycles. The predicted octanol–water partition coefficient (Wildman–Crippen LogP) is 3.68. The lowest BCUT2D eigenvalue weighted by molar-refractivity contribution is 0.0697. The van der Waals surface area contributed by atoms with E-state index in [1.165, 1.54) is 0 Å². The van der Waals surface area contributed by atoms with Crippen LogP contribution in [0.15, 0.2) is 36.5 Å². The number of nitrogens with zero attached hydrogens (tertiary/aromatic N) is 3. The Kier molecular flexibility index (Phi) is 4.34. The fourth-order valence-electron chi connectivity index (χ4n) is 2.78. The van der Waals surface area contributed by atoms with Crippen LogP contribution in [0.2, 0.25) is 0 Å². The quantitative estimate of drug-likeness (QED) is 0.777. The van der Waals surface area contributed by atoms with E-state index in [2.05, 4.69) is 29.5 Å². The van der Waals surface area contributed by atoms with E-state index in [0.717, 1.165) is 34.5 Å². The minimum absolute atomic E-state index is 0.297. The van der Waals surface area contributed by atoms with E-state index >= 15 is 0 Å². The highest BCUT2D eigenvalue weighted by molar-refractivity contribution is 5.87. The number of benzene rings is 1. The van der Waals surface area contributed by atoms with Gasteiger partial charge < -0.3 is 9.67 Å². The number of carboxylic acid groups (broad SMARTS) is 1. The van der Waals surface area contributed by atoms with Crippen LogP contribution in [0.5, 0.6) is 0 Å². The Balaban J connectivity index is 2.01. The van der Waals surface area contributed by atoms with Crippen molar-refractivity contribution in [1.29, 1.82) is 0 Å². The minimum Gasteiger partial charge on any atom is -0.478 e. The number of aromatic nitrogens is 3. The molecule has 0 bridgehead atoms. The van der Waals surface area contributed by atoms with E-state index in [0.29, 0.717) is 18.0 Å². The predicted molar refractivity (Wildman–Crippen MR) is 93.3 cm³/mol. The van der Waals surface area contributed by atoms with Gasteiger partial charge in [-0.1, -0.05) is 26.0 Å². The van der Waals surface area contributed by atoms with E-state index in [9.17, 15) is 4.79 Å². The molecule has 24 heavy (non-hydrogen) atoms. The standard InChI is InChI=1S/C19H21N3O2/c1-12(2)8-17-21-16-9-13(3)10-20-18(16)22(17)11-14-4-6-15(7-5-14)19(23)24/h4-7,9-10,12H,8,11H2,1-3H3,(H,23,24). The van der Waals surface area contributed by atoms with Crippen molar-refractivity contribution < 1.29 is 9.90 Å². The van der Waals surface area contributed by atoms with Crippen molar-refractivity contribution in [3.63, 3.8) is 0 Å². The van der Waals surface area contributed by atoms with Crippen LogP contribution in [0, 0.1) is 12.8 Å². The van der Waals surface area contributed by atoms with Crippen molar-refractivity contribution in [2.24, 2.45) is 5.92 Å². The fraction of sp³-hybridized carbons (Fsp3) is 0.316. The molecule has 3 aromatic rings. The maximum absolute atomic E-state index is 11.0. The Hall–Kier alpha value is -2.69. The smallest absolute Gasteiger partial charge is 0.335 e. The molecule has 1 aromatic carbocycles. The monoisotopic (exact) mass is 323 g/mol. The van der Waals surface area contributed by atoms with Gasteiger partial charge in [0, 0.05) is 12.6 Å². The zero-order valence-electron chi connectivity index (χ0n) is 14.2. The lowest BCUT2D eigenvalue weighted by atomic mass is 10.1. The molecule has 0 amide bonds. The lowest BCUT2D eigenvalue weighted by Gasteiger charge is -2.10. The van der Waals surface area contributed by atoms with Gasteiger partial charge in [-0.05, 0) is 42.2 Å². The Morgan fingerprint density at radius 3 is 2.58 bits per heavy atom. The summed E-state index contributed by atoms with van der Waals surface area (Å²) in [4.78, 5) is 20.3. The summed E-state index contributed by atoms with van der Waals surface area (Å²) in [6.07, 6.45) is 2.73. The second-order valence-electron chi connectivity index (χ2n) is 6.57. The van der Waals surface area contributed by atoms with Crippen LogP contribution in [0.4, 0.5) is 0 Å². The molecule has 0 fully saturated rings. The summed E-state index contributed by atoms with van der Waals surface area (Å²) in [5.41, 5.74) is 4.21. The molecule has 2 heterocycles. The molecule has 0 radical (unpaired) electrons. The van der Waals surface area contributed by atoms with E-state index in [1.54, 1.807) is 12.1 Å².